The van der Waals surface area contributed by atoms with Gasteiger partial charge in [-0.05, 0) is 48.0 Å². The molecule has 0 aliphatic rings. The standard InChI is InChI=1S/C21H30N2O3Si/c1-21(2,3)27(5,6)26-18-9-7-8-17(22)20(18)23-19(24)14-15-10-12-16(25-4)13-11-15/h7-13H,14,22H2,1-6H3,(H,23,24). The zero-order valence-corrected chi connectivity index (χ0v) is 18.1. The Hall–Kier alpha value is -2.47. The third kappa shape index (κ3) is 5.26. The summed E-state index contributed by atoms with van der Waals surface area (Å²) in [5, 5.41) is 2.98. The van der Waals surface area contributed by atoms with Crippen LogP contribution in [0.15, 0.2) is 42.5 Å². The molecule has 1 amide bonds. The lowest BCUT2D eigenvalue weighted by Crippen LogP contribution is -2.44. The molecule has 0 aliphatic carbocycles. The fourth-order valence-electron chi connectivity index (χ4n) is 2.31. The van der Waals surface area contributed by atoms with E-state index >= 15 is 0 Å². The third-order valence-corrected chi connectivity index (χ3v) is 9.36. The maximum absolute atomic E-state index is 12.6. The molecule has 0 saturated heterocycles. The molecule has 0 atom stereocenters. The van der Waals surface area contributed by atoms with Crippen molar-refractivity contribution in [3.05, 3.63) is 48.0 Å². The van der Waals surface area contributed by atoms with Crippen LogP contribution in [0.1, 0.15) is 26.3 Å². The first kappa shape index (κ1) is 20.8. The van der Waals surface area contributed by atoms with Gasteiger partial charge in [0.25, 0.3) is 8.32 Å². The smallest absolute Gasteiger partial charge is 0.250 e. The quantitative estimate of drug-likeness (QED) is 0.550. The van der Waals surface area contributed by atoms with Gasteiger partial charge in [0.2, 0.25) is 5.91 Å². The van der Waals surface area contributed by atoms with Gasteiger partial charge in [0.1, 0.15) is 17.2 Å². The van der Waals surface area contributed by atoms with E-state index in [1.165, 1.54) is 0 Å². The maximum atomic E-state index is 12.6. The number of nitrogens with two attached hydrogens (primary N) is 1. The molecule has 2 aromatic carbocycles. The molecule has 0 radical (unpaired) electrons. The van der Waals surface area contributed by atoms with Crippen LogP contribution in [0.3, 0.4) is 0 Å². The minimum Gasteiger partial charge on any atom is -0.542 e. The molecule has 6 heteroatoms. The largest absolute Gasteiger partial charge is 0.542 e. The molecule has 0 aliphatic heterocycles. The van der Waals surface area contributed by atoms with Crippen molar-refractivity contribution >= 4 is 25.6 Å². The number of nitrogen functional groups attached to an aromatic ring is 1. The van der Waals surface area contributed by atoms with Crippen LogP contribution in [0.2, 0.25) is 18.1 Å². The molecule has 0 fully saturated rings. The molecule has 27 heavy (non-hydrogen) atoms. The summed E-state index contributed by atoms with van der Waals surface area (Å²) in [7, 11) is -0.442. The number of carbonyl (C=O) groups is 1. The molecule has 0 heterocycles. The Morgan fingerprint density at radius 2 is 1.74 bits per heavy atom. The van der Waals surface area contributed by atoms with Crippen LogP contribution in [0, 0.1) is 0 Å². The number of methoxy groups -OCH3 is 1. The highest BCUT2D eigenvalue weighted by molar-refractivity contribution is 6.74. The van der Waals surface area contributed by atoms with Gasteiger partial charge in [0, 0.05) is 0 Å². The summed E-state index contributed by atoms with van der Waals surface area (Å²) >= 11 is 0. The van der Waals surface area contributed by atoms with Crippen LogP contribution in [0.5, 0.6) is 11.5 Å². The van der Waals surface area contributed by atoms with Crippen molar-refractivity contribution in [3.8, 4) is 11.5 Å². The minimum absolute atomic E-state index is 0.0436. The van der Waals surface area contributed by atoms with E-state index in [4.69, 9.17) is 14.9 Å². The van der Waals surface area contributed by atoms with Crippen LogP contribution in [-0.2, 0) is 11.2 Å². The van der Waals surface area contributed by atoms with E-state index in [0.29, 0.717) is 17.1 Å². The van der Waals surface area contributed by atoms with Gasteiger partial charge in [0.05, 0.1) is 19.2 Å². The second-order valence-corrected chi connectivity index (χ2v) is 12.9. The Morgan fingerprint density at radius 1 is 1.11 bits per heavy atom. The topological polar surface area (TPSA) is 73.6 Å². The van der Waals surface area contributed by atoms with Crippen LogP contribution in [0.25, 0.3) is 0 Å². The summed E-state index contributed by atoms with van der Waals surface area (Å²) in [6, 6.07) is 12.9. The number of hydrogen-bond donors (Lipinski definition) is 2. The minimum atomic E-state index is -2.06. The molecule has 5 nitrogen and oxygen atoms in total. The van der Waals surface area contributed by atoms with Crippen molar-refractivity contribution in [1.29, 1.82) is 0 Å². The first-order chi connectivity index (χ1) is 12.5. The average Bonchev–Trinajstić information content (AvgIpc) is 2.57. The first-order valence-electron chi connectivity index (χ1n) is 9.04. The number of hydrogen-bond acceptors (Lipinski definition) is 4. The van der Waals surface area contributed by atoms with E-state index in [9.17, 15) is 4.79 Å². The van der Waals surface area contributed by atoms with Gasteiger partial charge in [-0.2, -0.15) is 0 Å². The molecule has 0 unspecified atom stereocenters. The van der Waals surface area contributed by atoms with E-state index in [1.807, 2.05) is 36.4 Å². The van der Waals surface area contributed by atoms with Gasteiger partial charge in [-0.1, -0.05) is 39.0 Å². The zero-order valence-electron chi connectivity index (χ0n) is 17.1. The van der Waals surface area contributed by atoms with Crippen molar-refractivity contribution < 1.29 is 14.0 Å². The maximum Gasteiger partial charge on any atom is 0.250 e. The Balaban J connectivity index is 2.18. The Bertz CT molecular complexity index is 796. The molecular weight excluding hydrogens is 356 g/mol. The summed E-state index contributed by atoms with van der Waals surface area (Å²) in [5.41, 5.74) is 8.07. The molecule has 0 spiro atoms. The lowest BCUT2D eigenvalue weighted by atomic mass is 10.1. The molecule has 0 aromatic heterocycles. The summed E-state index contributed by atoms with van der Waals surface area (Å²) < 4.78 is 11.5. The molecule has 0 saturated carbocycles. The van der Waals surface area contributed by atoms with E-state index in [0.717, 1.165) is 11.3 Å². The van der Waals surface area contributed by atoms with Gasteiger partial charge < -0.3 is 20.2 Å². The number of amides is 1. The monoisotopic (exact) mass is 386 g/mol. The second-order valence-electron chi connectivity index (χ2n) is 8.16. The van der Waals surface area contributed by atoms with E-state index in [2.05, 4.69) is 39.2 Å². The molecule has 3 N–H and O–H groups in total. The molecule has 146 valence electrons. The highest BCUT2D eigenvalue weighted by atomic mass is 28.4. The fourth-order valence-corrected chi connectivity index (χ4v) is 3.33. The Labute approximate surface area is 163 Å². The molecular formula is C21H30N2O3Si. The number of benzene rings is 2. The van der Waals surface area contributed by atoms with Gasteiger partial charge >= 0.3 is 0 Å². The zero-order chi connectivity index (χ0) is 20.2. The van der Waals surface area contributed by atoms with E-state index in [1.54, 1.807) is 13.2 Å². The van der Waals surface area contributed by atoms with Crippen LogP contribution in [0.4, 0.5) is 11.4 Å². The normalized spacial score (nSPS) is 11.8. The lowest BCUT2D eigenvalue weighted by molar-refractivity contribution is -0.115. The number of carbonyl (C=O) groups excluding carboxylic acids is 1. The summed E-state index contributed by atoms with van der Waals surface area (Å²) in [5.74, 6) is 1.25. The van der Waals surface area contributed by atoms with Gasteiger partial charge in [-0.3, -0.25) is 4.79 Å². The fraction of sp³-hybridized carbons (Fsp3) is 0.381. The summed E-state index contributed by atoms with van der Waals surface area (Å²) in [4.78, 5) is 12.6. The third-order valence-electron chi connectivity index (χ3n) is 5.02. The van der Waals surface area contributed by atoms with Crippen molar-refractivity contribution in [2.45, 2.75) is 45.3 Å². The predicted octanol–water partition coefficient (Wildman–Crippen LogP) is 4.84. The van der Waals surface area contributed by atoms with Gasteiger partial charge in [-0.15, -0.1) is 0 Å². The highest BCUT2D eigenvalue weighted by Gasteiger charge is 2.39. The lowest BCUT2D eigenvalue weighted by Gasteiger charge is -2.37. The molecule has 0 bridgehead atoms. The number of nitrogens with one attached hydrogen (secondary N) is 1. The van der Waals surface area contributed by atoms with E-state index in [-0.39, 0.29) is 17.4 Å². The van der Waals surface area contributed by atoms with Crippen molar-refractivity contribution in [2.75, 3.05) is 18.2 Å². The average molecular weight is 387 g/mol. The van der Waals surface area contributed by atoms with Gasteiger partial charge in [-0.25, -0.2) is 0 Å². The summed E-state index contributed by atoms with van der Waals surface area (Å²) in [6.45, 7) is 10.9. The molecule has 2 aromatic rings. The second kappa shape index (κ2) is 8.04. The van der Waals surface area contributed by atoms with Crippen LogP contribution in [-0.4, -0.2) is 21.3 Å². The Morgan fingerprint density at radius 3 is 2.30 bits per heavy atom. The van der Waals surface area contributed by atoms with Crippen LogP contribution < -0.4 is 20.2 Å². The first-order valence-corrected chi connectivity index (χ1v) is 11.9. The molecule has 2 rings (SSSR count). The Kier molecular flexibility index (Phi) is 6.21. The van der Waals surface area contributed by atoms with Gasteiger partial charge in [0.15, 0.2) is 0 Å². The SMILES string of the molecule is COc1ccc(CC(=O)Nc2c(N)cccc2O[Si](C)(C)C(C)(C)C)cc1. The van der Waals surface area contributed by atoms with Crippen molar-refractivity contribution in [3.63, 3.8) is 0 Å². The summed E-state index contributed by atoms with van der Waals surface area (Å²) in [6.07, 6.45) is 0.248. The number of ether oxygens (including phenoxy) is 1. The number of anilines is 2. The predicted molar refractivity (Wildman–Crippen MR) is 114 cm³/mol. The van der Waals surface area contributed by atoms with Crippen molar-refractivity contribution in [2.24, 2.45) is 0 Å². The highest BCUT2D eigenvalue weighted by Crippen LogP contribution is 2.40. The van der Waals surface area contributed by atoms with E-state index < -0.39 is 8.32 Å². The number of para-hydroxylation sites is 1. The number of rotatable bonds is 6. The van der Waals surface area contributed by atoms with Crippen LogP contribution >= 0.6 is 0 Å². The van der Waals surface area contributed by atoms with Crippen molar-refractivity contribution in [1.82, 2.24) is 0 Å².